The minimum absolute atomic E-state index is 0.157. The van der Waals surface area contributed by atoms with E-state index in [1.165, 1.54) is 6.08 Å². The first-order chi connectivity index (χ1) is 8.63. The summed E-state index contributed by atoms with van der Waals surface area (Å²) in [5, 5.41) is 9.09. The van der Waals surface area contributed by atoms with Crippen molar-refractivity contribution in [2.45, 2.75) is 24.9 Å². The summed E-state index contributed by atoms with van der Waals surface area (Å²) in [7, 11) is 0. The van der Waals surface area contributed by atoms with Gasteiger partial charge in [-0.1, -0.05) is 12.7 Å². The highest BCUT2D eigenvalue weighted by molar-refractivity contribution is 5.74. The summed E-state index contributed by atoms with van der Waals surface area (Å²) in [5.74, 6) is -0.764. The minimum atomic E-state index is -0.764. The second-order valence-corrected chi connectivity index (χ2v) is 4.66. The Morgan fingerprint density at radius 2 is 2.17 bits per heavy atom. The Labute approximate surface area is 106 Å². The quantitative estimate of drug-likeness (QED) is 0.742. The fourth-order valence-corrected chi connectivity index (χ4v) is 2.53. The van der Waals surface area contributed by atoms with E-state index in [0.29, 0.717) is 19.5 Å². The third kappa shape index (κ3) is 2.48. The Balaban J connectivity index is 1.80. The molecule has 6 nitrogen and oxygen atoms in total. The number of likely N-dealkylation sites (tertiary alicyclic amines) is 2. The molecule has 1 N–H and O–H groups in total. The Morgan fingerprint density at radius 3 is 2.78 bits per heavy atom. The van der Waals surface area contributed by atoms with Gasteiger partial charge in [0.25, 0.3) is 0 Å². The minimum Gasteiger partial charge on any atom is -0.480 e. The van der Waals surface area contributed by atoms with E-state index in [9.17, 15) is 9.59 Å². The standard InChI is InChI=1S/C12H18N2O4/c1-2-6-18-12(17)13-7-9(8-13)14-5-3-4-10(14)11(15)16/h2,9-10H,1,3-8H2,(H,15,16)/t10-/m1/s1. The van der Waals surface area contributed by atoms with Crippen molar-refractivity contribution in [3.8, 4) is 0 Å². The topological polar surface area (TPSA) is 70.1 Å². The van der Waals surface area contributed by atoms with Crippen molar-refractivity contribution in [2.24, 2.45) is 0 Å². The lowest BCUT2D eigenvalue weighted by atomic mass is 10.1. The molecular weight excluding hydrogens is 236 g/mol. The zero-order valence-electron chi connectivity index (χ0n) is 10.2. The van der Waals surface area contributed by atoms with Gasteiger partial charge >= 0.3 is 12.1 Å². The van der Waals surface area contributed by atoms with Crippen LogP contribution in [0.5, 0.6) is 0 Å². The summed E-state index contributed by atoms with van der Waals surface area (Å²) in [5.41, 5.74) is 0. The van der Waals surface area contributed by atoms with Crippen LogP contribution >= 0.6 is 0 Å². The number of ether oxygens (including phenoxy) is 1. The summed E-state index contributed by atoms with van der Waals surface area (Å²) in [6.07, 6.45) is 2.79. The van der Waals surface area contributed by atoms with Crippen LogP contribution in [0.4, 0.5) is 4.79 Å². The smallest absolute Gasteiger partial charge is 0.410 e. The third-order valence-electron chi connectivity index (χ3n) is 3.49. The summed E-state index contributed by atoms with van der Waals surface area (Å²) in [4.78, 5) is 26.1. The molecule has 2 aliphatic heterocycles. The average Bonchev–Trinajstić information content (AvgIpc) is 2.73. The molecule has 0 spiro atoms. The van der Waals surface area contributed by atoms with Gasteiger partial charge in [0.1, 0.15) is 12.6 Å². The van der Waals surface area contributed by atoms with E-state index in [2.05, 4.69) is 6.58 Å². The average molecular weight is 254 g/mol. The van der Waals surface area contributed by atoms with E-state index < -0.39 is 5.97 Å². The van der Waals surface area contributed by atoms with Crippen LogP contribution in [-0.4, -0.2) is 65.3 Å². The second-order valence-electron chi connectivity index (χ2n) is 4.66. The Bertz CT molecular complexity index is 352. The number of aliphatic carboxylic acids is 1. The SMILES string of the molecule is C=CCOC(=O)N1CC(N2CCC[C@@H]2C(=O)O)C1. The molecule has 0 saturated carbocycles. The van der Waals surface area contributed by atoms with Crippen LogP contribution in [0.3, 0.4) is 0 Å². The molecule has 0 aromatic rings. The summed E-state index contributed by atoms with van der Waals surface area (Å²) in [6, 6.07) is -0.230. The molecule has 0 aliphatic carbocycles. The Morgan fingerprint density at radius 1 is 1.44 bits per heavy atom. The van der Waals surface area contributed by atoms with Crippen molar-refractivity contribution < 1.29 is 19.4 Å². The molecule has 0 radical (unpaired) electrons. The molecule has 2 rings (SSSR count). The molecule has 100 valence electrons. The predicted molar refractivity (Wildman–Crippen MR) is 64.3 cm³/mol. The van der Waals surface area contributed by atoms with E-state index in [1.807, 2.05) is 4.90 Å². The Kier molecular flexibility index (Phi) is 3.86. The molecule has 18 heavy (non-hydrogen) atoms. The molecule has 0 bridgehead atoms. The maximum Gasteiger partial charge on any atom is 0.410 e. The number of hydrogen-bond donors (Lipinski definition) is 1. The van der Waals surface area contributed by atoms with Crippen molar-refractivity contribution >= 4 is 12.1 Å². The van der Waals surface area contributed by atoms with Crippen LogP contribution in [0.25, 0.3) is 0 Å². The van der Waals surface area contributed by atoms with E-state index in [4.69, 9.17) is 9.84 Å². The van der Waals surface area contributed by atoms with Crippen LogP contribution in [0.1, 0.15) is 12.8 Å². The maximum atomic E-state index is 11.5. The van der Waals surface area contributed by atoms with Gasteiger partial charge in [-0.15, -0.1) is 0 Å². The van der Waals surface area contributed by atoms with Gasteiger partial charge in [-0.2, -0.15) is 0 Å². The van der Waals surface area contributed by atoms with Crippen molar-refractivity contribution in [1.29, 1.82) is 0 Å². The summed E-state index contributed by atoms with van der Waals surface area (Å²) < 4.78 is 4.91. The van der Waals surface area contributed by atoms with E-state index in [0.717, 1.165) is 13.0 Å². The normalized spacial score (nSPS) is 24.7. The Hall–Kier alpha value is -1.56. The van der Waals surface area contributed by atoms with Crippen molar-refractivity contribution in [2.75, 3.05) is 26.2 Å². The second kappa shape index (κ2) is 5.39. The number of carbonyl (C=O) groups is 2. The molecule has 2 heterocycles. The number of rotatable bonds is 4. The highest BCUT2D eigenvalue weighted by Crippen LogP contribution is 2.25. The van der Waals surface area contributed by atoms with Crippen LogP contribution < -0.4 is 0 Å². The zero-order chi connectivity index (χ0) is 13.1. The van der Waals surface area contributed by atoms with Gasteiger partial charge in [0.15, 0.2) is 0 Å². The lowest BCUT2D eigenvalue weighted by molar-refractivity contribution is -0.144. The zero-order valence-corrected chi connectivity index (χ0v) is 10.2. The van der Waals surface area contributed by atoms with Crippen LogP contribution in [-0.2, 0) is 9.53 Å². The van der Waals surface area contributed by atoms with Crippen molar-refractivity contribution in [3.63, 3.8) is 0 Å². The fraction of sp³-hybridized carbons (Fsp3) is 0.667. The molecule has 1 atom stereocenters. The molecule has 1 amide bonds. The molecular formula is C12H18N2O4. The van der Waals surface area contributed by atoms with Gasteiger partial charge in [-0.05, 0) is 19.4 Å². The number of carboxylic acids is 1. The first kappa shape index (κ1) is 12.9. The van der Waals surface area contributed by atoms with Gasteiger partial charge in [-0.3, -0.25) is 9.69 Å². The summed E-state index contributed by atoms with van der Waals surface area (Å²) in [6.45, 7) is 5.60. The van der Waals surface area contributed by atoms with Gasteiger partial charge in [-0.25, -0.2) is 4.79 Å². The van der Waals surface area contributed by atoms with Crippen molar-refractivity contribution in [1.82, 2.24) is 9.80 Å². The molecule has 6 heteroatoms. The largest absolute Gasteiger partial charge is 0.480 e. The number of carboxylic acid groups (broad SMARTS) is 1. The van der Waals surface area contributed by atoms with Gasteiger partial charge in [0, 0.05) is 19.1 Å². The van der Waals surface area contributed by atoms with E-state index in [-0.39, 0.29) is 24.8 Å². The molecule has 2 saturated heterocycles. The number of amides is 1. The molecule has 0 unspecified atom stereocenters. The number of carbonyl (C=O) groups excluding carboxylic acids is 1. The molecule has 2 aliphatic rings. The van der Waals surface area contributed by atoms with E-state index >= 15 is 0 Å². The van der Waals surface area contributed by atoms with E-state index in [1.54, 1.807) is 4.90 Å². The fourth-order valence-electron chi connectivity index (χ4n) is 2.53. The summed E-state index contributed by atoms with van der Waals surface area (Å²) >= 11 is 0. The molecule has 0 aromatic heterocycles. The predicted octanol–water partition coefficient (Wildman–Crippen LogP) is 0.542. The first-order valence-electron chi connectivity index (χ1n) is 6.14. The highest BCUT2D eigenvalue weighted by Gasteiger charge is 2.42. The van der Waals surface area contributed by atoms with Crippen LogP contribution in [0.2, 0.25) is 0 Å². The van der Waals surface area contributed by atoms with Gasteiger partial charge in [0.2, 0.25) is 0 Å². The third-order valence-corrected chi connectivity index (χ3v) is 3.49. The first-order valence-corrected chi connectivity index (χ1v) is 6.14. The van der Waals surface area contributed by atoms with Gasteiger partial charge < -0.3 is 14.7 Å². The molecule has 2 fully saturated rings. The maximum absolute atomic E-state index is 11.5. The van der Waals surface area contributed by atoms with Crippen LogP contribution in [0.15, 0.2) is 12.7 Å². The van der Waals surface area contributed by atoms with Gasteiger partial charge in [0.05, 0.1) is 0 Å². The number of nitrogens with zero attached hydrogens (tertiary/aromatic N) is 2. The lowest BCUT2D eigenvalue weighted by Gasteiger charge is -2.44. The molecule has 0 aromatic carbocycles. The van der Waals surface area contributed by atoms with Crippen LogP contribution in [0, 0.1) is 0 Å². The number of hydrogen-bond acceptors (Lipinski definition) is 4. The monoisotopic (exact) mass is 254 g/mol. The van der Waals surface area contributed by atoms with Crippen molar-refractivity contribution in [3.05, 3.63) is 12.7 Å². The highest BCUT2D eigenvalue weighted by atomic mass is 16.6. The lowest BCUT2D eigenvalue weighted by Crippen LogP contribution is -2.62.